The van der Waals surface area contributed by atoms with Crippen LogP contribution in [0.4, 0.5) is 5.69 Å². The SMILES string of the molecule is CCCCCc1ccc(NC(=O)Cc2cc(C(C)=O)ccc2OC)cc1. The van der Waals surface area contributed by atoms with Crippen molar-refractivity contribution in [2.24, 2.45) is 0 Å². The fourth-order valence-electron chi connectivity index (χ4n) is 2.85. The second-order valence-corrected chi connectivity index (χ2v) is 6.46. The molecule has 1 amide bonds. The van der Waals surface area contributed by atoms with Crippen LogP contribution in [0.1, 0.15) is 54.6 Å². The Hall–Kier alpha value is -2.62. The molecule has 0 atom stereocenters. The Kier molecular flexibility index (Phi) is 7.39. The molecule has 0 heterocycles. The zero-order chi connectivity index (χ0) is 18.9. The number of ketones is 1. The number of carbonyl (C=O) groups excluding carboxylic acids is 2. The van der Waals surface area contributed by atoms with Gasteiger partial charge in [-0.1, -0.05) is 31.9 Å². The smallest absolute Gasteiger partial charge is 0.228 e. The van der Waals surface area contributed by atoms with Crippen LogP contribution in [0.15, 0.2) is 42.5 Å². The first-order valence-corrected chi connectivity index (χ1v) is 9.10. The highest BCUT2D eigenvalue weighted by Gasteiger charge is 2.12. The van der Waals surface area contributed by atoms with Crippen molar-refractivity contribution in [3.05, 3.63) is 59.2 Å². The normalized spacial score (nSPS) is 10.4. The van der Waals surface area contributed by atoms with Crippen molar-refractivity contribution in [3.63, 3.8) is 0 Å². The van der Waals surface area contributed by atoms with E-state index in [0.717, 1.165) is 12.1 Å². The van der Waals surface area contributed by atoms with Gasteiger partial charge >= 0.3 is 0 Å². The van der Waals surface area contributed by atoms with E-state index in [1.54, 1.807) is 25.3 Å². The molecule has 4 heteroatoms. The number of amides is 1. The average molecular weight is 353 g/mol. The molecule has 1 N–H and O–H groups in total. The fourth-order valence-corrected chi connectivity index (χ4v) is 2.85. The van der Waals surface area contributed by atoms with Gasteiger partial charge in [0.1, 0.15) is 5.75 Å². The van der Waals surface area contributed by atoms with Gasteiger partial charge in [-0.25, -0.2) is 0 Å². The van der Waals surface area contributed by atoms with Crippen LogP contribution < -0.4 is 10.1 Å². The Labute approximate surface area is 155 Å². The highest BCUT2D eigenvalue weighted by Crippen LogP contribution is 2.21. The van der Waals surface area contributed by atoms with E-state index in [0.29, 0.717) is 16.9 Å². The second-order valence-electron chi connectivity index (χ2n) is 6.46. The van der Waals surface area contributed by atoms with E-state index in [1.807, 2.05) is 12.1 Å². The number of benzene rings is 2. The Morgan fingerprint density at radius 2 is 1.77 bits per heavy atom. The zero-order valence-electron chi connectivity index (χ0n) is 15.8. The minimum Gasteiger partial charge on any atom is -0.496 e. The van der Waals surface area contributed by atoms with E-state index in [-0.39, 0.29) is 18.1 Å². The molecule has 2 aromatic carbocycles. The van der Waals surface area contributed by atoms with Crippen LogP contribution in [0.2, 0.25) is 0 Å². The Morgan fingerprint density at radius 1 is 1.04 bits per heavy atom. The van der Waals surface area contributed by atoms with Crippen LogP contribution in [0, 0.1) is 0 Å². The number of aryl methyl sites for hydroxylation is 1. The third-order valence-electron chi connectivity index (χ3n) is 4.34. The van der Waals surface area contributed by atoms with E-state index < -0.39 is 0 Å². The monoisotopic (exact) mass is 353 g/mol. The number of hydrogen-bond acceptors (Lipinski definition) is 3. The Morgan fingerprint density at radius 3 is 2.38 bits per heavy atom. The molecule has 0 unspecified atom stereocenters. The number of carbonyl (C=O) groups is 2. The van der Waals surface area contributed by atoms with Crippen LogP contribution >= 0.6 is 0 Å². The summed E-state index contributed by atoms with van der Waals surface area (Å²) < 4.78 is 5.30. The standard InChI is InChI=1S/C22H27NO3/c1-4-5-6-7-17-8-11-20(12-9-17)23-22(25)15-19-14-18(16(2)24)10-13-21(19)26-3/h8-14H,4-7,15H2,1-3H3,(H,23,25). The van der Waals surface area contributed by atoms with Crippen molar-refractivity contribution in [1.82, 2.24) is 0 Å². The van der Waals surface area contributed by atoms with Gasteiger partial charge in [-0.2, -0.15) is 0 Å². The van der Waals surface area contributed by atoms with Gasteiger partial charge in [0.15, 0.2) is 5.78 Å². The van der Waals surface area contributed by atoms with Crippen LogP contribution in [0.5, 0.6) is 5.75 Å². The topological polar surface area (TPSA) is 55.4 Å². The molecule has 26 heavy (non-hydrogen) atoms. The van der Waals surface area contributed by atoms with Gasteiger partial charge in [-0.15, -0.1) is 0 Å². The predicted octanol–water partition coefficient (Wildman–Crippen LogP) is 4.81. The Bertz CT molecular complexity index is 750. The molecule has 0 aliphatic rings. The van der Waals surface area contributed by atoms with Crippen LogP contribution in [-0.4, -0.2) is 18.8 Å². The first-order chi connectivity index (χ1) is 12.5. The number of anilines is 1. The number of rotatable bonds is 9. The molecule has 0 bridgehead atoms. The minimum atomic E-state index is -0.136. The fraction of sp³-hybridized carbons (Fsp3) is 0.364. The average Bonchev–Trinajstić information content (AvgIpc) is 2.63. The van der Waals surface area contributed by atoms with Crippen molar-refractivity contribution in [1.29, 1.82) is 0 Å². The van der Waals surface area contributed by atoms with E-state index >= 15 is 0 Å². The van der Waals surface area contributed by atoms with Gasteiger partial charge in [0.25, 0.3) is 0 Å². The lowest BCUT2D eigenvalue weighted by atomic mass is 10.0. The van der Waals surface area contributed by atoms with Gasteiger partial charge in [-0.3, -0.25) is 9.59 Å². The van der Waals surface area contributed by atoms with Crippen LogP contribution in [0.25, 0.3) is 0 Å². The van der Waals surface area contributed by atoms with Crippen molar-refractivity contribution >= 4 is 17.4 Å². The van der Waals surface area contributed by atoms with Crippen molar-refractivity contribution < 1.29 is 14.3 Å². The summed E-state index contributed by atoms with van der Waals surface area (Å²) in [5.41, 5.74) is 3.34. The number of ether oxygens (including phenoxy) is 1. The molecular weight excluding hydrogens is 326 g/mol. The molecule has 138 valence electrons. The highest BCUT2D eigenvalue weighted by atomic mass is 16.5. The highest BCUT2D eigenvalue weighted by molar-refractivity contribution is 5.96. The number of unbranched alkanes of at least 4 members (excludes halogenated alkanes) is 2. The molecule has 0 fully saturated rings. The van der Waals surface area contributed by atoms with Gasteiger partial charge in [0.05, 0.1) is 13.5 Å². The lowest BCUT2D eigenvalue weighted by molar-refractivity contribution is -0.115. The van der Waals surface area contributed by atoms with E-state index in [2.05, 4.69) is 24.4 Å². The molecule has 2 rings (SSSR count). The lowest BCUT2D eigenvalue weighted by Gasteiger charge is -2.11. The Balaban J connectivity index is 2.00. The summed E-state index contributed by atoms with van der Waals surface area (Å²) in [5.74, 6) is 0.437. The van der Waals surface area contributed by atoms with Crippen molar-refractivity contribution in [3.8, 4) is 5.75 Å². The first-order valence-electron chi connectivity index (χ1n) is 9.10. The summed E-state index contributed by atoms with van der Waals surface area (Å²) in [6.07, 6.45) is 4.86. The summed E-state index contributed by atoms with van der Waals surface area (Å²) in [7, 11) is 1.56. The predicted molar refractivity (Wildman–Crippen MR) is 105 cm³/mol. The molecule has 0 spiro atoms. The van der Waals surface area contributed by atoms with E-state index in [9.17, 15) is 9.59 Å². The lowest BCUT2D eigenvalue weighted by Crippen LogP contribution is -2.15. The summed E-state index contributed by atoms with van der Waals surface area (Å²) >= 11 is 0. The molecular formula is C22H27NO3. The maximum atomic E-state index is 12.4. The molecule has 0 saturated carbocycles. The third-order valence-corrected chi connectivity index (χ3v) is 4.34. The zero-order valence-corrected chi connectivity index (χ0v) is 15.8. The first kappa shape index (κ1) is 19.7. The number of methoxy groups -OCH3 is 1. The van der Waals surface area contributed by atoms with E-state index in [1.165, 1.54) is 31.7 Å². The second kappa shape index (κ2) is 9.76. The largest absolute Gasteiger partial charge is 0.496 e. The molecule has 0 aliphatic heterocycles. The summed E-state index contributed by atoms with van der Waals surface area (Å²) in [4.78, 5) is 23.9. The van der Waals surface area contributed by atoms with E-state index in [4.69, 9.17) is 4.74 Å². The summed E-state index contributed by atoms with van der Waals surface area (Å²) in [6, 6.07) is 13.1. The molecule has 4 nitrogen and oxygen atoms in total. The molecule has 2 aromatic rings. The minimum absolute atomic E-state index is 0.0343. The third kappa shape index (κ3) is 5.73. The van der Waals surface area contributed by atoms with Crippen LogP contribution in [-0.2, 0) is 17.6 Å². The van der Waals surface area contributed by atoms with Crippen molar-refractivity contribution in [2.45, 2.75) is 46.0 Å². The number of nitrogens with one attached hydrogen (secondary N) is 1. The maximum absolute atomic E-state index is 12.4. The summed E-state index contributed by atoms with van der Waals surface area (Å²) in [6.45, 7) is 3.70. The van der Waals surface area contributed by atoms with Crippen LogP contribution in [0.3, 0.4) is 0 Å². The van der Waals surface area contributed by atoms with Gasteiger partial charge in [0.2, 0.25) is 5.91 Å². The summed E-state index contributed by atoms with van der Waals surface area (Å²) in [5, 5.41) is 2.91. The van der Waals surface area contributed by atoms with Crippen molar-refractivity contribution in [2.75, 3.05) is 12.4 Å². The molecule has 0 aliphatic carbocycles. The number of hydrogen-bond donors (Lipinski definition) is 1. The molecule has 0 aromatic heterocycles. The quantitative estimate of drug-likeness (QED) is 0.520. The molecule has 0 saturated heterocycles. The maximum Gasteiger partial charge on any atom is 0.228 e. The van der Waals surface area contributed by atoms with Gasteiger partial charge in [-0.05, 0) is 55.7 Å². The van der Waals surface area contributed by atoms with Gasteiger partial charge in [0, 0.05) is 16.8 Å². The van der Waals surface area contributed by atoms with Gasteiger partial charge < -0.3 is 10.1 Å². The molecule has 0 radical (unpaired) electrons. The number of Topliss-reactive ketones (excluding diaryl/α,β-unsaturated/α-hetero) is 1.